The summed E-state index contributed by atoms with van der Waals surface area (Å²) in [5, 5.41) is 34.7. The first-order valence-corrected chi connectivity index (χ1v) is 10.6. The number of carbonyl (C=O) groups is 5. The predicted molar refractivity (Wildman–Crippen MR) is 117 cm³/mol. The van der Waals surface area contributed by atoms with Gasteiger partial charge in [-0.15, -0.1) is 0 Å². The first-order valence-electron chi connectivity index (χ1n) is 10.6. The van der Waals surface area contributed by atoms with Crippen LogP contribution < -0.4 is 21.7 Å². The minimum atomic E-state index is -1.62. The molecule has 5 unspecified atom stereocenters. The van der Waals surface area contributed by atoms with Crippen LogP contribution in [0.15, 0.2) is 12.5 Å². The molecule has 14 heteroatoms. The molecule has 0 saturated carbocycles. The third-order valence-corrected chi connectivity index (χ3v) is 4.73. The van der Waals surface area contributed by atoms with Crippen molar-refractivity contribution in [2.45, 2.75) is 70.3 Å². The number of imidazole rings is 1. The number of carboxylic acid groups (broad SMARTS) is 2. The number of aromatic amines is 1. The smallest absolute Gasteiger partial charge is 0.328 e. The van der Waals surface area contributed by atoms with Crippen LogP contribution in [0.5, 0.6) is 0 Å². The molecule has 0 bridgehead atoms. The molecule has 1 aromatic heterocycles. The number of rotatable bonds is 14. The summed E-state index contributed by atoms with van der Waals surface area (Å²) in [6, 6.07) is -5.52. The van der Waals surface area contributed by atoms with E-state index in [1.165, 1.54) is 19.4 Å². The van der Waals surface area contributed by atoms with E-state index < -0.39 is 66.4 Å². The van der Waals surface area contributed by atoms with Crippen LogP contribution in [0.25, 0.3) is 0 Å². The molecule has 0 radical (unpaired) electrons. The van der Waals surface area contributed by atoms with Crippen molar-refractivity contribution < 1.29 is 39.3 Å². The maximum absolute atomic E-state index is 12.8. The molecule has 0 aliphatic rings. The van der Waals surface area contributed by atoms with Gasteiger partial charge in [-0.25, -0.2) is 9.78 Å². The number of aliphatic carboxylic acids is 2. The van der Waals surface area contributed by atoms with Gasteiger partial charge in [0.15, 0.2) is 6.04 Å². The molecule has 3 amide bonds. The number of carboxylic acids is 2. The lowest BCUT2D eigenvalue weighted by Crippen LogP contribution is -2.58. The number of H-pyrrole nitrogens is 1. The Hall–Kier alpha value is -3.52. The first kappa shape index (κ1) is 28.5. The number of hydrogen-bond acceptors (Lipinski definition) is 8. The summed E-state index contributed by atoms with van der Waals surface area (Å²) in [6.45, 7) is 4.68. The molecule has 0 aromatic carbocycles. The van der Waals surface area contributed by atoms with E-state index in [1.807, 2.05) is 0 Å². The highest BCUT2D eigenvalue weighted by Crippen LogP contribution is 2.08. The first-order chi connectivity index (χ1) is 15.8. The summed E-state index contributed by atoms with van der Waals surface area (Å²) in [5.41, 5.74) is 6.39. The molecule has 0 fully saturated rings. The van der Waals surface area contributed by atoms with Crippen molar-refractivity contribution in [2.75, 3.05) is 0 Å². The topological polar surface area (TPSA) is 237 Å². The van der Waals surface area contributed by atoms with Crippen LogP contribution in [0, 0.1) is 5.92 Å². The van der Waals surface area contributed by atoms with E-state index in [0.717, 1.165) is 0 Å². The fraction of sp³-hybridized carbons (Fsp3) is 0.600. The monoisotopic (exact) mass is 484 g/mol. The second-order valence-electron chi connectivity index (χ2n) is 8.30. The summed E-state index contributed by atoms with van der Waals surface area (Å²) in [7, 11) is 0. The fourth-order valence-corrected chi connectivity index (χ4v) is 3.01. The van der Waals surface area contributed by atoms with Gasteiger partial charge in [-0.05, 0) is 19.3 Å². The van der Waals surface area contributed by atoms with Gasteiger partial charge in [-0.3, -0.25) is 19.2 Å². The zero-order chi connectivity index (χ0) is 26.0. The van der Waals surface area contributed by atoms with Gasteiger partial charge in [0.1, 0.15) is 12.1 Å². The summed E-state index contributed by atoms with van der Waals surface area (Å²) in [6.07, 6.45) is 0.801. The highest BCUT2D eigenvalue weighted by Gasteiger charge is 2.33. The zero-order valence-electron chi connectivity index (χ0n) is 19.1. The van der Waals surface area contributed by atoms with Crippen molar-refractivity contribution in [2.24, 2.45) is 11.7 Å². The number of nitrogens with two attached hydrogens (primary N) is 1. The third-order valence-electron chi connectivity index (χ3n) is 4.73. The Morgan fingerprint density at radius 1 is 1.00 bits per heavy atom. The number of nitrogens with one attached hydrogen (secondary N) is 4. The minimum absolute atomic E-state index is 0.0571. The van der Waals surface area contributed by atoms with E-state index in [0.29, 0.717) is 5.69 Å². The average Bonchev–Trinajstić information content (AvgIpc) is 3.22. The maximum atomic E-state index is 12.8. The number of nitrogens with zero attached hydrogens (tertiary/aromatic N) is 1. The Morgan fingerprint density at radius 2 is 1.59 bits per heavy atom. The molecule has 1 heterocycles. The minimum Gasteiger partial charge on any atom is -0.481 e. The summed E-state index contributed by atoms with van der Waals surface area (Å²) < 4.78 is 0. The molecule has 0 spiro atoms. The Kier molecular flexibility index (Phi) is 11.1. The quantitative estimate of drug-likeness (QED) is 0.141. The summed E-state index contributed by atoms with van der Waals surface area (Å²) in [4.78, 5) is 67.0. The SMILES string of the molecule is CC(C)CC(NC(=O)C(CC(=O)O)NC(=O)C(N)Cc1cnc[nH]1)C(=O)NC(C(=O)O)C(C)O. The van der Waals surface area contributed by atoms with Crippen molar-refractivity contribution in [3.8, 4) is 0 Å². The van der Waals surface area contributed by atoms with Gasteiger partial charge in [0.25, 0.3) is 0 Å². The lowest BCUT2D eigenvalue weighted by Gasteiger charge is -2.26. The molecule has 0 aliphatic heterocycles. The maximum Gasteiger partial charge on any atom is 0.328 e. The molecular weight excluding hydrogens is 452 g/mol. The lowest BCUT2D eigenvalue weighted by atomic mass is 10.0. The van der Waals surface area contributed by atoms with Crippen LogP contribution in [0.3, 0.4) is 0 Å². The zero-order valence-corrected chi connectivity index (χ0v) is 19.1. The van der Waals surface area contributed by atoms with Gasteiger partial charge in [0.2, 0.25) is 17.7 Å². The van der Waals surface area contributed by atoms with E-state index in [9.17, 15) is 39.3 Å². The van der Waals surface area contributed by atoms with E-state index in [-0.39, 0.29) is 18.8 Å². The Balaban J connectivity index is 2.95. The summed E-state index contributed by atoms with van der Waals surface area (Å²) in [5.74, 6) is -5.62. The van der Waals surface area contributed by atoms with E-state index in [1.54, 1.807) is 13.8 Å². The number of aliphatic hydroxyl groups is 1. The standard InChI is InChI=1S/C20H32N6O8/c1-9(2)4-13(19(32)26-16(10(3)27)20(33)34)25-18(31)14(6-15(28)29)24-17(30)12(21)5-11-7-22-8-23-11/h7-10,12-14,16,27H,4-6,21H2,1-3H3,(H,22,23)(H,24,30)(H,25,31)(H,26,32)(H,28,29)(H,33,34). The van der Waals surface area contributed by atoms with Crippen LogP contribution >= 0.6 is 0 Å². The Bertz CT molecular complexity index is 857. The largest absolute Gasteiger partial charge is 0.481 e. The second-order valence-corrected chi connectivity index (χ2v) is 8.30. The van der Waals surface area contributed by atoms with Gasteiger partial charge in [0.05, 0.1) is 24.9 Å². The Labute approximate surface area is 195 Å². The number of hydrogen-bond donors (Lipinski definition) is 8. The van der Waals surface area contributed by atoms with Gasteiger partial charge in [0, 0.05) is 18.3 Å². The van der Waals surface area contributed by atoms with Crippen LogP contribution in [0.1, 0.15) is 39.3 Å². The van der Waals surface area contributed by atoms with E-state index in [4.69, 9.17) is 5.73 Å². The summed E-state index contributed by atoms with van der Waals surface area (Å²) >= 11 is 0. The number of aromatic nitrogens is 2. The van der Waals surface area contributed by atoms with Crippen molar-refractivity contribution in [3.05, 3.63) is 18.2 Å². The van der Waals surface area contributed by atoms with Crippen molar-refractivity contribution >= 4 is 29.7 Å². The molecule has 190 valence electrons. The van der Waals surface area contributed by atoms with Crippen molar-refractivity contribution in [1.82, 2.24) is 25.9 Å². The fourth-order valence-electron chi connectivity index (χ4n) is 3.01. The molecule has 1 aromatic rings. The highest BCUT2D eigenvalue weighted by atomic mass is 16.4. The van der Waals surface area contributed by atoms with Crippen LogP contribution in [-0.4, -0.2) is 85.2 Å². The lowest BCUT2D eigenvalue weighted by molar-refractivity contribution is -0.145. The number of amides is 3. The number of aliphatic hydroxyl groups excluding tert-OH is 1. The van der Waals surface area contributed by atoms with Crippen LogP contribution in [0.2, 0.25) is 0 Å². The molecule has 5 atom stereocenters. The molecule has 0 saturated heterocycles. The van der Waals surface area contributed by atoms with Gasteiger partial charge in [-0.1, -0.05) is 13.8 Å². The predicted octanol–water partition coefficient (Wildman–Crippen LogP) is -2.28. The van der Waals surface area contributed by atoms with Crippen molar-refractivity contribution in [1.29, 1.82) is 0 Å². The molecule has 0 aliphatic carbocycles. The van der Waals surface area contributed by atoms with Crippen LogP contribution in [-0.2, 0) is 30.4 Å². The second kappa shape index (κ2) is 13.3. The third kappa shape index (κ3) is 9.54. The average molecular weight is 485 g/mol. The van der Waals surface area contributed by atoms with Gasteiger partial charge < -0.3 is 42.0 Å². The molecule has 9 N–H and O–H groups in total. The number of carbonyl (C=O) groups excluding carboxylic acids is 3. The Morgan fingerprint density at radius 3 is 2.06 bits per heavy atom. The van der Waals surface area contributed by atoms with E-state index >= 15 is 0 Å². The molecule has 14 nitrogen and oxygen atoms in total. The normalized spacial score (nSPS) is 15.5. The molecular formula is C20H32N6O8. The molecule has 1 rings (SSSR count). The highest BCUT2D eigenvalue weighted by molar-refractivity contribution is 5.95. The van der Waals surface area contributed by atoms with Gasteiger partial charge >= 0.3 is 11.9 Å². The van der Waals surface area contributed by atoms with Crippen molar-refractivity contribution in [3.63, 3.8) is 0 Å². The molecule has 34 heavy (non-hydrogen) atoms. The van der Waals surface area contributed by atoms with E-state index in [2.05, 4.69) is 25.9 Å². The van der Waals surface area contributed by atoms with Gasteiger partial charge in [-0.2, -0.15) is 0 Å². The van der Waals surface area contributed by atoms with Crippen LogP contribution in [0.4, 0.5) is 0 Å².